The lowest BCUT2D eigenvalue weighted by Gasteiger charge is -2.24. The zero-order valence-corrected chi connectivity index (χ0v) is 17.5. The van der Waals surface area contributed by atoms with E-state index in [2.05, 4.69) is 15.6 Å². The summed E-state index contributed by atoms with van der Waals surface area (Å²) in [6.45, 7) is 1.39. The summed E-state index contributed by atoms with van der Waals surface area (Å²) in [6, 6.07) is 8.72. The molecule has 7 nitrogen and oxygen atoms in total. The molecule has 2 heterocycles. The van der Waals surface area contributed by atoms with Crippen molar-refractivity contribution in [3.63, 3.8) is 0 Å². The second-order valence-corrected chi connectivity index (χ2v) is 8.14. The number of ether oxygens (including phenoxy) is 2. The molecule has 0 atom stereocenters. The van der Waals surface area contributed by atoms with Gasteiger partial charge in [0.25, 0.3) is 5.91 Å². The standard InChI is InChI=1S/C23H29FN4O3/c24-20-14-19(21(25)29)22(28-23(20)26-15-5-2-1-3-6-15)27-16-7-4-8-18(13-16)31-17-9-11-30-12-10-17/h4,7-8,13-15,17H,1-3,5-6,9-12H2,(H2,25,29)(H2,26,27,28). The van der Waals surface area contributed by atoms with Gasteiger partial charge in [-0.1, -0.05) is 25.3 Å². The first-order valence-corrected chi connectivity index (χ1v) is 11.0. The SMILES string of the molecule is NC(=O)c1cc(F)c(NC2CCCCC2)nc1Nc1cccc(OC2CCOCC2)c1. The summed E-state index contributed by atoms with van der Waals surface area (Å²) in [7, 11) is 0. The number of primary amides is 1. The molecule has 0 radical (unpaired) electrons. The van der Waals surface area contributed by atoms with Gasteiger partial charge in [-0.3, -0.25) is 4.79 Å². The van der Waals surface area contributed by atoms with E-state index in [1.54, 1.807) is 0 Å². The number of nitrogens with two attached hydrogens (primary N) is 1. The van der Waals surface area contributed by atoms with E-state index in [1.165, 1.54) is 6.42 Å². The van der Waals surface area contributed by atoms with Gasteiger partial charge in [0, 0.05) is 30.6 Å². The largest absolute Gasteiger partial charge is 0.490 e. The Morgan fingerprint density at radius 2 is 1.87 bits per heavy atom. The first-order valence-electron chi connectivity index (χ1n) is 11.0. The minimum absolute atomic E-state index is 0.00226. The second kappa shape index (κ2) is 9.96. The summed E-state index contributed by atoms with van der Waals surface area (Å²) in [5.74, 6) is -0.265. The highest BCUT2D eigenvalue weighted by atomic mass is 19.1. The molecule has 31 heavy (non-hydrogen) atoms. The van der Waals surface area contributed by atoms with Crippen LogP contribution in [0.4, 0.5) is 21.7 Å². The quantitative estimate of drug-likeness (QED) is 0.606. The van der Waals surface area contributed by atoms with Crippen LogP contribution in [0.5, 0.6) is 5.75 Å². The van der Waals surface area contributed by atoms with E-state index in [-0.39, 0.29) is 29.3 Å². The van der Waals surface area contributed by atoms with Crippen LogP contribution >= 0.6 is 0 Å². The van der Waals surface area contributed by atoms with E-state index in [0.29, 0.717) is 24.7 Å². The number of benzene rings is 1. The number of nitrogens with zero attached hydrogens (tertiary/aromatic N) is 1. The normalized spacial score (nSPS) is 17.8. The molecule has 2 fully saturated rings. The number of carbonyl (C=O) groups excluding carboxylic acids is 1. The van der Waals surface area contributed by atoms with Gasteiger partial charge in [-0.25, -0.2) is 9.37 Å². The highest BCUT2D eigenvalue weighted by molar-refractivity contribution is 5.98. The van der Waals surface area contributed by atoms with Gasteiger partial charge in [-0.15, -0.1) is 0 Å². The van der Waals surface area contributed by atoms with Gasteiger partial charge >= 0.3 is 0 Å². The van der Waals surface area contributed by atoms with E-state index >= 15 is 0 Å². The molecule has 4 N–H and O–H groups in total. The Morgan fingerprint density at radius 3 is 2.61 bits per heavy atom. The molecule has 4 rings (SSSR count). The van der Waals surface area contributed by atoms with Crippen molar-refractivity contribution >= 4 is 23.2 Å². The maximum absolute atomic E-state index is 14.6. The highest BCUT2D eigenvalue weighted by Gasteiger charge is 2.20. The molecule has 1 saturated carbocycles. The predicted molar refractivity (Wildman–Crippen MR) is 117 cm³/mol. The molecular formula is C23H29FN4O3. The van der Waals surface area contributed by atoms with Crippen LogP contribution in [0.3, 0.4) is 0 Å². The first-order chi connectivity index (χ1) is 15.1. The Balaban J connectivity index is 1.54. The van der Waals surface area contributed by atoms with Crippen LogP contribution in [-0.2, 0) is 4.74 Å². The van der Waals surface area contributed by atoms with Crippen LogP contribution in [-0.4, -0.2) is 36.3 Å². The highest BCUT2D eigenvalue weighted by Crippen LogP contribution is 2.28. The predicted octanol–water partition coefficient (Wildman–Crippen LogP) is 4.37. The number of rotatable bonds is 7. The Kier molecular flexibility index (Phi) is 6.86. The van der Waals surface area contributed by atoms with E-state index in [0.717, 1.165) is 44.6 Å². The van der Waals surface area contributed by atoms with Crippen molar-refractivity contribution in [3.05, 3.63) is 41.7 Å². The number of hydrogen-bond donors (Lipinski definition) is 3. The zero-order chi connectivity index (χ0) is 21.6. The van der Waals surface area contributed by atoms with Gasteiger partial charge in [0.05, 0.1) is 18.8 Å². The molecule has 0 bridgehead atoms. The Morgan fingerprint density at radius 1 is 1.10 bits per heavy atom. The summed E-state index contributed by atoms with van der Waals surface area (Å²) >= 11 is 0. The number of pyridine rings is 1. The smallest absolute Gasteiger partial charge is 0.252 e. The van der Waals surface area contributed by atoms with E-state index < -0.39 is 11.7 Å². The Hall–Kier alpha value is -2.87. The van der Waals surface area contributed by atoms with E-state index in [1.807, 2.05) is 24.3 Å². The summed E-state index contributed by atoms with van der Waals surface area (Å²) < 4.78 is 26.0. The molecular weight excluding hydrogens is 399 g/mol. The minimum Gasteiger partial charge on any atom is -0.490 e. The number of anilines is 3. The van der Waals surface area contributed by atoms with Crippen LogP contribution in [0.2, 0.25) is 0 Å². The number of amides is 1. The third-order valence-corrected chi connectivity index (χ3v) is 5.76. The fourth-order valence-electron chi connectivity index (χ4n) is 4.08. The Labute approximate surface area is 181 Å². The number of nitrogens with one attached hydrogen (secondary N) is 2. The number of halogens is 1. The molecule has 8 heteroatoms. The monoisotopic (exact) mass is 428 g/mol. The molecule has 1 aliphatic heterocycles. The van der Waals surface area contributed by atoms with Crippen molar-refractivity contribution in [2.75, 3.05) is 23.8 Å². The summed E-state index contributed by atoms with van der Waals surface area (Å²) in [5, 5.41) is 6.31. The van der Waals surface area contributed by atoms with Gasteiger partial charge in [0.15, 0.2) is 11.6 Å². The molecule has 1 saturated heterocycles. The minimum atomic E-state index is -0.743. The zero-order valence-electron chi connectivity index (χ0n) is 17.5. The maximum Gasteiger partial charge on any atom is 0.252 e. The number of carbonyl (C=O) groups is 1. The molecule has 166 valence electrons. The number of aromatic nitrogens is 1. The van der Waals surface area contributed by atoms with Gasteiger partial charge in [0.1, 0.15) is 17.7 Å². The van der Waals surface area contributed by atoms with Crippen LogP contribution in [0.1, 0.15) is 55.3 Å². The Bertz CT molecular complexity index is 912. The van der Waals surface area contributed by atoms with Gasteiger partial charge < -0.3 is 25.8 Å². The molecule has 2 aliphatic rings. The third-order valence-electron chi connectivity index (χ3n) is 5.76. The van der Waals surface area contributed by atoms with Crippen LogP contribution in [0.15, 0.2) is 30.3 Å². The topological polar surface area (TPSA) is 98.5 Å². The van der Waals surface area contributed by atoms with Crippen molar-refractivity contribution in [2.24, 2.45) is 5.73 Å². The molecule has 1 amide bonds. The average Bonchev–Trinajstić information content (AvgIpc) is 2.77. The second-order valence-electron chi connectivity index (χ2n) is 8.14. The summed E-state index contributed by atoms with van der Waals surface area (Å²) in [4.78, 5) is 16.3. The lowest BCUT2D eigenvalue weighted by molar-refractivity contribution is 0.0256. The summed E-state index contributed by atoms with van der Waals surface area (Å²) in [6.07, 6.45) is 7.19. The average molecular weight is 429 g/mol. The third kappa shape index (κ3) is 5.64. The fourth-order valence-corrected chi connectivity index (χ4v) is 4.08. The van der Waals surface area contributed by atoms with Crippen molar-refractivity contribution in [2.45, 2.75) is 57.1 Å². The lowest BCUT2D eigenvalue weighted by atomic mass is 9.95. The van der Waals surface area contributed by atoms with Crippen LogP contribution < -0.4 is 21.1 Å². The van der Waals surface area contributed by atoms with E-state index in [9.17, 15) is 9.18 Å². The van der Waals surface area contributed by atoms with Crippen molar-refractivity contribution < 1.29 is 18.7 Å². The van der Waals surface area contributed by atoms with Gasteiger partial charge in [0.2, 0.25) is 0 Å². The van der Waals surface area contributed by atoms with Crippen LogP contribution in [0.25, 0.3) is 0 Å². The number of hydrogen-bond acceptors (Lipinski definition) is 6. The van der Waals surface area contributed by atoms with Crippen molar-refractivity contribution in [1.29, 1.82) is 0 Å². The van der Waals surface area contributed by atoms with Crippen molar-refractivity contribution in [1.82, 2.24) is 4.98 Å². The molecule has 0 unspecified atom stereocenters. The summed E-state index contributed by atoms with van der Waals surface area (Å²) in [5.41, 5.74) is 6.16. The maximum atomic E-state index is 14.6. The van der Waals surface area contributed by atoms with Crippen molar-refractivity contribution in [3.8, 4) is 5.75 Å². The lowest BCUT2D eigenvalue weighted by Crippen LogP contribution is -2.25. The van der Waals surface area contributed by atoms with Gasteiger partial charge in [-0.2, -0.15) is 0 Å². The fraction of sp³-hybridized carbons (Fsp3) is 0.478. The van der Waals surface area contributed by atoms with Gasteiger partial charge in [-0.05, 0) is 31.0 Å². The van der Waals surface area contributed by atoms with E-state index in [4.69, 9.17) is 15.2 Å². The first kappa shape index (κ1) is 21.4. The molecule has 1 aliphatic carbocycles. The molecule has 1 aromatic carbocycles. The molecule has 2 aromatic rings. The molecule has 1 aromatic heterocycles. The molecule has 0 spiro atoms. The van der Waals surface area contributed by atoms with Crippen LogP contribution in [0, 0.1) is 5.82 Å².